The second kappa shape index (κ2) is 9.80. The van der Waals surface area contributed by atoms with Gasteiger partial charge >= 0.3 is 0 Å². The van der Waals surface area contributed by atoms with Crippen LogP contribution in [0, 0.1) is 18.8 Å². The van der Waals surface area contributed by atoms with E-state index in [0.29, 0.717) is 18.5 Å². The largest absolute Gasteiger partial charge is 0.353 e. The molecule has 7 heteroatoms. The fourth-order valence-electron chi connectivity index (χ4n) is 5.76. The molecule has 2 amide bonds. The lowest BCUT2D eigenvalue weighted by atomic mass is 9.85. The van der Waals surface area contributed by atoms with Gasteiger partial charge in [0.15, 0.2) is 0 Å². The summed E-state index contributed by atoms with van der Waals surface area (Å²) in [5.74, 6) is 0.810. The summed E-state index contributed by atoms with van der Waals surface area (Å²) < 4.78 is 0. The zero-order valence-electron chi connectivity index (χ0n) is 19.7. The third-order valence-corrected chi connectivity index (χ3v) is 9.04. The smallest absolute Gasteiger partial charge is 0.237 e. The Morgan fingerprint density at radius 3 is 2.70 bits per heavy atom. The maximum absolute atomic E-state index is 13.1. The van der Waals surface area contributed by atoms with E-state index < -0.39 is 0 Å². The van der Waals surface area contributed by atoms with Crippen LogP contribution in [0.5, 0.6) is 0 Å². The lowest BCUT2D eigenvalue weighted by Crippen LogP contribution is -2.69. The van der Waals surface area contributed by atoms with E-state index in [1.807, 2.05) is 0 Å². The van der Waals surface area contributed by atoms with Crippen LogP contribution in [0.1, 0.15) is 56.6 Å². The SMILES string of the molecule is Cc1ccc(C2=CSC3C(=O)NC(N4CCCC(C(=O)NC5CCCCC5C)C4)NC23)cc1. The maximum Gasteiger partial charge on any atom is 0.237 e. The third kappa shape index (κ3) is 4.86. The van der Waals surface area contributed by atoms with E-state index in [1.54, 1.807) is 11.8 Å². The third-order valence-electron chi connectivity index (χ3n) is 7.87. The van der Waals surface area contributed by atoms with Gasteiger partial charge in [-0.3, -0.25) is 19.8 Å². The highest BCUT2D eigenvalue weighted by atomic mass is 32.2. The van der Waals surface area contributed by atoms with Crippen LogP contribution in [-0.4, -0.2) is 53.4 Å². The molecule has 5 rings (SSSR count). The molecule has 3 heterocycles. The molecule has 3 aliphatic heterocycles. The first-order valence-electron chi connectivity index (χ1n) is 12.5. The van der Waals surface area contributed by atoms with Crippen molar-refractivity contribution in [2.75, 3.05) is 13.1 Å². The monoisotopic (exact) mass is 468 g/mol. The number of thioether (sulfide) groups is 1. The molecule has 3 N–H and O–H groups in total. The van der Waals surface area contributed by atoms with Gasteiger partial charge in [-0.2, -0.15) is 0 Å². The van der Waals surface area contributed by atoms with Crippen LogP contribution in [0.3, 0.4) is 0 Å². The lowest BCUT2D eigenvalue weighted by Gasteiger charge is -2.43. The van der Waals surface area contributed by atoms with Crippen LogP contribution >= 0.6 is 11.8 Å². The molecule has 0 bridgehead atoms. The molecule has 0 spiro atoms. The molecule has 33 heavy (non-hydrogen) atoms. The van der Waals surface area contributed by atoms with Crippen LogP contribution < -0.4 is 16.0 Å². The van der Waals surface area contributed by atoms with Crippen LogP contribution in [0.15, 0.2) is 29.7 Å². The van der Waals surface area contributed by atoms with Crippen molar-refractivity contribution in [3.63, 3.8) is 0 Å². The van der Waals surface area contributed by atoms with Crippen molar-refractivity contribution in [3.8, 4) is 0 Å². The van der Waals surface area contributed by atoms with E-state index in [9.17, 15) is 9.59 Å². The maximum atomic E-state index is 13.1. The normalized spacial score (nSPS) is 34.8. The van der Waals surface area contributed by atoms with Gasteiger partial charge in [-0.15, -0.1) is 11.8 Å². The molecule has 1 saturated carbocycles. The van der Waals surface area contributed by atoms with Crippen molar-refractivity contribution in [3.05, 3.63) is 40.8 Å². The molecular weight excluding hydrogens is 432 g/mol. The van der Waals surface area contributed by atoms with Gasteiger partial charge in [0.1, 0.15) is 11.5 Å². The molecule has 0 aromatic heterocycles. The molecular formula is C26H36N4O2S. The highest BCUT2D eigenvalue weighted by Gasteiger charge is 2.44. The predicted molar refractivity (Wildman–Crippen MR) is 133 cm³/mol. The fourth-order valence-corrected chi connectivity index (χ4v) is 6.91. The molecule has 0 radical (unpaired) electrons. The lowest BCUT2D eigenvalue weighted by molar-refractivity contribution is -0.130. The van der Waals surface area contributed by atoms with Gasteiger partial charge in [0.05, 0.1) is 12.0 Å². The summed E-state index contributed by atoms with van der Waals surface area (Å²) in [4.78, 5) is 28.3. The van der Waals surface area contributed by atoms with Crippen LogP contribution in [0.25, 0.3) is 5.57 Å². The number of hydrogen-bond donors (Lipinski definition) is 3. The number of carbonyl (C=O) groups is 2. The summed E-state index contributed by atoms with van der Waals surface area (Å²) in [6, 6.07) is 8.81. The van der Waals surface area contributed by atoms with Crippen LogP contribution in [0.4, 0.5) is 0 Å². The Morgan fingerprint density at radius 1 is 1.12 bits per heavy atom. The summed E-state index contributed by atoms with van der Waals surface area (Å²) in [7, 11) is 0. The number of nitrogens with one attached hydrogen (secondary N) is 3. The standard InChI is InChI=1S/C26H36N4O2S/c1-16-9-11-18(12-10-16)20-15-33-23-22(20)28-26(29-25(23)32)30-13-5-7-19(14-30)24(31)27-21-8-4-3-6-17(21)2/h9-12,15,17,19,21-23,26,28H,3-8,13-14H2,1-2H3,(H,27,31)(H,29,32). The molecule has 178 valence electrons. The highest BCUT2D eigenvalue weighted by molar-refractivity contribution is 8.04. The minimum atomic E-state index is -0.240. The number of fused-ring (bicyclic) bond motifs is 1. The molecule has 1 aromatic carbocycles. The Balaban J connectivity index is 1.24. The Labute approximate surface area is 201 Å². The molecule has 6 atom stereocenters. The second-order valence-corrected chi connectivity index (χ2v) is 11.3. The van der Waals surface area contributed by atoms with E-state index in [-0.39, 0.29) is 35.3 Å². The molecule has 4 aliphatic rings. The number of likely N-dealkylation sites (tertiary alicyclic amines) is 1. The van der Waals surface area contributed by atoms with E-state index in [4.69, 9.17) is 0 Å². The molecule has 3 fully saturated rings. The molecule has 1 aromatic rings. The molecule has 6 unspecified atom stereocenters. The molecule has 1 aliphatic carbocycles. The topological polar surface area (TPSA) is 73.5 Å². The summed E-state index contributed by atoms with van der Waals surface area (Å²) in [6.45, 7) is 5.91. The van der Waals surface area contributed by atoms with E-state index in [0.717, 1.165) is 25.8 Å². The highest BCUT2D eigenvalue weighted by Crippen LogP contribution is 2.39. The van der Waals surface area contributed by atoms with Crippen molar-refractivity contribution in [2.45, 2.75) is 76.0 Å². The number of benzene rings is 1. The van der Waals surface area contributed by atoms with E-state index in [2.05, 4.69) is 64.4 Å². The average molecular weight is 469 g/mol. The van der Waals surface area contributed by atoms with Crippen LogP contribution in [-0.2, 0) is 9.59 Å². The zero-order chi connectivity index (χ0) is 22.9. The number of rotatable bonds is 4. The Bertz CT molecular complexity index is 917. The number of carbonyl (C=O) groups excluding carboxylic acids is 2. The molecule has 2 saturated heterocycles. The number of hydrogen-bond acceptors (Lipinski definition) is 5. The summed E-state index contributed by atoms with van der Waals surface area (Å²) in [5, 5.41) is 12.2. The number of aryl methyl sites for hydroxylation is 1. The van der Waals surface area contributed by atoms with Gasteiger partial charge in [0, 0.05) is 19.1 Å². The Kier molecular flexibility index (Phi) is 6.81. The zero-order valence-corrected chi connectivity index (χ0v) is 20.5. The number of nitrogens with zero attached hydrogens (tertiary/aromatic N) is 1. The van der Waals surface area contributed by atoms with Gasteiger partial charge in [0.25, 0.3) is 0 Å². The minimum absolute atomic E-state index is 0.0191. The fraction of sp³-hybridized carbons (Fsp3) is 0.615. The quantitative estimate of drug-likeness (QED) is 0.633. The van der Waals surface area contributed by atoms with Gasteiger partial charge in [0.2, 0.25) is 11.8 Å². The van der Waals surface area contributed by atoms with Crippen molar-refractivity contribution in [2.24, 2.45) is 11.8 Å². The van der Waals surface area contributed by atoms with Crippen molar-refractivity contribution < 1.29 is 9.59 Å². The second-order valence-electron chi connectivity index (χ2n) is 10.3. The van der Waals surface area contributed by atoms with E-state index in [1.165, 1.54) is 36.0 Å². The van der Waals surface area contributed by atoms with Gasteiger partial charge in [-0.25, -0.2) is 0 Å². The predicted octanol–water partition coefficient (Wildman–Crippen LogP) is 3.23. The summed E-state index contributed by atoms with van der Waals surface area (Å²) >= 11 is 1.60. The van der Waals surface area contributed by atoms with Gasteiger partial charge in [-0.05, 0) is 55.1 Å². The first-order valence-corrected chi connectivity index (χ1v) is 13.5. The average Bonchev–Trinajstić information content (AvgIpc) is 3.26. The summed E-state index contributed by atoms with van der Waals surface area (Å²) in [6.07, 6.45) is 6.43. The molecule has 6 nitrogen and oxygen atoms in total. The van der Waals surface area contributed by atoms with Gasteiger partial charge in [-0.1, -0.05) is 49.6 Å². The van der Waals surface area contributed by atoms with Crippen LogP contribution in [0.2, 0.25) is 0 Å². The van der Waals surface area contributed by atoms with Gasteiger partial charge < -0.3 is 10.6 Å². The van der Waals surface area contributed by atoms with Crippen molar-refractivity contribution in [1.82, 2.24) is 20.9 Å². The minimum Gasteiger partial charge on any atom is -0.353 e. The Morgan fingerprint density at radius 2 is 1.91 bits per heavy atom. The van der Waals surface area contributed by atoms with Crippen molar-refractivity contribution >= 4 is 29.1 Å². The Hall–Kier alpha value is -1.83. The van der Waals surface area contributed by atoms with E-state index >= 15 is 0 Å². The number of piperidine rings is 1. The number of amides is 2. The van der Waals surface area contributed by atoms with Crippen molar-refractivity contribution in [1.29, 1.82) is 0 Å². The first kappa shape index (κ1) is 22.9. The summed E-state index contributed by atoms with van der Waals surface area (Å²) in [5.41, 5.74) is 3.58. The first-order chi connectivity index (χ1) is 16.0.